The smallest absolute Gasteiger partial charge is 0.183 e. The Morgan fingerprint density at radius 2 is 1.82 bits per heavy atom. The van der Waals surface area contributed by atoms with Gasteiger partial charge in [-0.05, 0) is 24.3 Å². The maximum absolute atomic E-state index is 12.8. The molecule has 1 aromatic carbocycles. The summed E-state index contributed by atoms with van der Waals surface area (Å²) in [5.41, 5.74) is 7.68. The van der Waals surface area contributed by atoms with Crippen molar-refractivity contribution in [1.82, 2.24) is 19.5 Å². The summed E-state index contributed by atoms with van der Waals surface area (Å²) >= 11 is 0. The van der Waals surface area contributed by atoms with Crippen molar-refractivity contribution in [3.8, 4) is 5.69 Å². The average molecular weight is 229 g/mol. The zero-order valence-electron chi connectivity index (χ0n) is 8.71. The second-order valence-electron chi connectivity index (χ2n) is 3.52. The van der Waals surface area contributed by atoms with Crippen LogP contribution in [0, 0.1) is 5.82 Å². The molecule has 0 saturated heterocycles. The van der Waals surface area contributed by atoms with Gasteiger partial charge in [0.2, 0.25) is 0 Å². The van der Waals surface area contributed by atoms with Crippen LogP contribution in [0.4, 0.5) is 10.2 Å². The molecule has 2 heterocycles. The van der Waals surface area contributed by atoms with Crippen molar-refractivity contribution in [1.29, 1.82) is 0 Å². The van der Waals surface area contributed by atoms with E-state index < -0.39 is 0 Å². The molecular formula is C11H8FN5. The number of anilines is 1. The maximum atomic E-state index is 12.8. The first-order chi connectivity index (χ1) is 8.25. The molecule has 3 rings (SSSR count). The molecular weight excluding hydrogens is 221 g/mol. The summed E-state index contributed by atoms with van der Waals surface area (Å²) in [6, 6.07) is 6.04. The van der Waals surface area contributed by atoms with Gasteiger partial charge >= 0.3 is 0 Å². The molecule has 0 bridgehead atoms. The average Bonchev–Trinajstić information content (AvgIpc) is 2.75. The summed E-state index contributed by atoms with van der Waals surface area (Å²) in [6.07, 6.45) is 2.95. The van der Waals surface area contributed by atoms with Gasteiger partial charge in [-0.1, -0.05) is 0 Å². The Bertz CT molecular complexity index is 674. The molecule has 0 aliphatic carbocycles. The van der Waals surface area contributed by atoms with Crippen molar-refractivity contribution in [3.05, 3.63) is 42.7 Å². The zero-order chi connectivity index (χ0) is 11.8. The largest absolute Gasteiger partial charge is 0.382 e. The van der Waals surface area contributed by atoms with E-state index in [0.29, 0.717) is 17.0 Å². The standard InChI is InChI=1S/C11H8FN5/c12-7-1-3-8(4-2-7)17-6-16-11-9(17)10(13)14-5-15-11/h1-6H,(H2,13,14,15). The second kappa shape index (κ2) is 3.51. The van der Waals surface area contributed by atoms with Gasteiger partial charge in [0.1, 0.15) is 24.0 Å². The monoisotopic (exact) mass is 229 g/mol. The Balaban J connectivity index is 2.27. The van der Waals surface area contributed by atoms with Crippen LogP contribution in [-0.2, 0) is 0 Å². The van der Waals surface area contributed by atoms with Crippen LogP contribution < -0.4 is 5.73 Å². The van der Waals surface area contributed by atoms with Gasteiger partial charge < -0.3 is 5.73 Å². The summed E-state index contributed by atoms with van der Waals surface area (Å²) in [7, 11) is 0. The number of nitrogen functional groups attached to an aromatic ring is 1. The summed E-state index contributed by atoms with van der Waals surface area (Å²) in [4.78, 5) is 12.0. The fraction of sp³-hybridized carbons (Fsp3) is 0. The molecule has 0 aliphatic heterocycles. The number of benzene rings is 1. The molecule has 0 fully saturated rings. The van der Waals surface area contributed by atoms with Gasteiger partial charge in [-0.3, -0.25) is 4.57 Å². The molecule has 84 valence electrons. The molecule has 0 amide bonds. The van der Waals surface area contributed by atoms with Gasteiger partial charge in [-0.25, -0.2) is 19.3 Å². The lowest BCUT2D eigenvalue weighted by Crippen LogP contribution is -1.98. The number of imidazole rings is 1. The number of aromatic nitrogens is 4. The van der Waals surface area contributed by atoms with E-state index in [1.807, 2.05) is 0 Å². The number of nitrogens with two attached hydrogens (primary N) is 1. The van der Waals surface area contributed by atoms with Crippen LogP contribution in [-0.4, -0.2) is 19.5 Å². The molecule has 0 aliphatic rings. The van der Waals surface area contributed by atoms with E-state index >= 15 is 0 Å². The third kappa shape index (κ3) is 1.50. The molecule has 6 heteroatoms. The number of fused-ring (bicyclic) bond motifs is 1. The van der Waals surface area contributed by atoms with Crippen LogP contribution >= 0.6 is 0 Å². The minimum Gasteiger partial charge on any atom is -0.382 e. The third-order valence-corrected chi connectivity index (χ3v) is 2.47. The maximum Gasteiger partial charge on any atom is 0.183 e. The van der Waals surface area contributed by atoms with Gasteiger partial charge in [-0.2, -0.15) is 0 Å². The van der Waals surface area contributed by atoms with Crippen LogP contribution in [0.5, 0.6) is 0 Å². The molecule has 0 unspecified atom stereocenters. The van der Waals surface area contributed by atoms with Crippen molar-refractivity contribution in [2.75, 3.05) is 5.73 Å². The highest BCUT2D eigenvalue weighted by molar-refractivity contribution is 5.83. The van der Waals surface area contributed by atoms with Crippen LogP contribution in [0.15, 0.2) is 36.9 Å². The van der Waals surface area contributed by atoms with Crippen LogP contribution in [0.25, 0.3) is 16.9 Å². The van der Waals surface area contributed by atoms with Gasteiger partial charge in [0.05, 0.1) is 0 Å². The van der Waals surface area contributed by atoms with Crippen LogP contribution in [0.3, 0.4) is 0 Å². The van der Waals surface area contributed by atoms with E-state index in [-0.39, 0.29) is 5.82 Å². The predicted molar refractivity (Wildman–Crippen MR) is 61.0 cm³/mol. The Morgan fingerprint density at radius 3 is 2.59 bits per heavy atom. The minimum absolute atomic E-state index is 0.289. The van der Waals surface area contributed by atoms with Gasteiger partial charge in [-0.15, -0.1) is 0 Å². The Morgan fingerprint density at radius 1 is 1.06 bits per heavy atom. The number of hydrogen-bond acceptors (Lipinski definition) is 4. The molecule has 17 heavy (non-hydrogen) atoms. The fourth-order valence-electron chi connectivity index (χ4n) is 1.68. The highest BCUT2D eigenvalue weighted by Gasteiger charge is 2.09. The number of nitrogens with zero attached hydrogens (tertiary/aromatic N) is 4. The molecule has 0 spiro atoms. The lowest BCUT2D eigenvalue weighted by molar-refractivity contribution is 0.627. The normalized spacial score (nSPS) is 10.9. The Kier molecular flexibility index (Phi) is 2.01. The van der Waals surface area contributed by atoms with Crippen molar-refractivity contribution < 1.29 is 4.39 Å². The molecule has 2 aromatic heterocycles. The van der Waals surface area contributed by atoms with E-state index in [9.17, 15) is 4.39 Å². The van der Waals surface area contributed by atoms with Crippen LogP contribution in [0.1, 0.15) is 0 Å². The summed E-state index contributed by atoms with van der Waals surface area (Å²) in [5.74, 6) is 0.0548. The van der Waals surface area contributed by atoms with E-state index in [4.69, 9.17) is 5.73 Å². The van der Waals surface area contributed by atoms with Gasteiger partial charge in [0.25, 0.3) is 0 Å². The van der Waals surface area contributed by atoms with E-state index in [1.165, 1.54) is 18.5 Å². The molecule has 5 nitrogen and oxygen atoms in total. The molecule has 3 aromatic rings. The number of halogens is 1. The highest BCUT2D eigenvalue weighted by atomic mass is 19.1. The SMILES string of the molecule is Nc1ncnc2ncn(-c3ccc(F)cc3)c12. The third-order valence-electron chi connectivity index (χ3n) is 2.47. The van der Waals surface area contributed by atoms with Gasteiger partial charge in [0.15, 0.2) is 11.5 Å². The lowest BCUT2D eigenvalue weighted by atomic mass is 10.3. The number of hydrogen-bond donors (Lipinski definition) is 1. The van der Waals surface area contributed by atoms with Crippen LogP contribution in [0.2, 0.25) is 0 Å². The molecule has 0 atom stereocenters. The quantitative estimate of drug-likeness (QED) is 0.687. The lowest BCUT2D eigenvalue weighted by Gasteiger charge is -2.04. The fourth-order valence-corrected chi connectivity index (χ4v) is 1.68. The minimum atomic E-state index is -0.289. The number of rotatable bonds is 1. The molecule has 2 N–H and O–H groups in total. The van der Waals surface area contributed by atoms with Crippen molar-refractivity contribution in [2.45, 2.75) is 0 Å². The summed E-state index contributed by atoms with van der Waals surface area (Å²) < 4.78 is 14.6. The molecule has 0 radical (unpaired) electrons. The van der Waals surface area contributed by atoms with Crippen molar-refractivity contribution in [2.24, 2.45) is 0 Å². The summed E-state index contributed by atoms with van der Waals surface area (Å²) in [6.45, 7) is 0. The molecule has 0 saturated carbocycles. The van der Waals surface area contributed by atoms with E-state index in [1.54, 1.807) is 23.0 Å². The Hall–Kier alpha value is -2.50. The summed E-state index contributed by atoms with van der Waals surface area (Å²) in [5, 5.41) is 0. The van der Waals surface area contributed by atoms with Gasteiger partial charge in [0, 0.05) is 5.69 Å². The van der Waals surface area contributed by atoms with Crippen molar-refractivity contribution >= 4 is 17.0 Å². The van der Waals surface area contributed by atoms with Crippen molar-refractivity contribution in [3.63, 3.8) is 0 Å². The Labute approximate surface area is 95.8 Å². The van der Waals surface area contributed by atoms with E-state index in [0.717, 1.165) is 5.69 Å². The topological polar surface area (TPSA) is 69.6 Å². The highest BCUT2D eigenvalue weighted by Crippen LogP contribution is 2.20. The van der Waals surface area contributed by atoms with E-state index in [2.05, 4.69) is 15.0 Å². The first kappa shape index (κ1) is 9.71. The second-order valence-corrected chi connectivity index (χ2v) is 3.52. The predicted octanol–water partition coefficient (Wildman–Crippen LogP) is 1.54. The first-order valence-electron chi connectivity index (χ1n) is 4.95. The zero-order valence-corrected chi connectivity index (χ0v) is 8.71. The first-order valence-corrected chi connectivity index (χ1v) is 4.95.